The molecule has 0 spiro atoms. The van der Waals surface area contributed by atoms with Crippen LogP contribution in [0.25, 0.3) is 11.0 Å². The van der Waals surface area contributed by atoms with E-state index in [1.165, 1.54) is 0 Å². The summed E-state index contributed by atoms with van der Waals surface area (Å²) in [5.41, 5.74) is 2.33. The maximum absolute atomic E-state index is 12.8. The summed E-state index contributed by atoms with van der Waals surface area (Å²) in [5.74, 6) is 1.60. The molecule has 1 fully saturated rings. The van der Waals surface area contributed by atoms with Crippen LogP contribution in [0.3, 0.4) is 0 Å². The lowest BCUT2D eigenvalue weighted by atomic mass is 9.99. The van der Waals surface area contributed by atoms with Crippen LogP contribution in [0.4, 0.5) is 0 Å². The molecule has 0 bridgehead atoms. The molecular weight excluding hydrogens is 316 g/mol. The standard InChI is InChI=1S/C21H20O4/c1-2-15-11-18-17(19(22)10-14-6-4-3-5-7-14)8-9-20(21(18)25-15)24-13-16-12-23-16/h3-9,11,16H,2,10,12-13H2,1H3. The van der Waals surface area contributed by atoms with E-state index in [0.29, 0.717) is 29.9 Å². The Kier molecular flexibility index (Phi) is 4.28. The predicted molar refractivity (Wildman–Crippen MR) is 95.3 cm³/mol. The van der Waals surface area contributed by atoms with Gasteiger partial charge in [-0.05, 0) is 23.8 Å². The highest BCUT2D eigenvalue weighted by atomic mass is 16.6. The Morgan fingerprint density at radius 2 is 2.00 bits per heavy atom. The molecule has 1 aromatic heterocycles. The van der Waals surface area contributed by atoms with E-state index < -0.39 is 0 Å². The van der Waals surface area contributed by atoms with Gasteiger partial charge in [-0.2, -0.15) is 0 Å². The number of carbonyl (C=O) groups is 1. The lowest BCUT2D eigenvalue weighted by Gasteiger charge is -2.08. The van der Waals surface area contributed by atoms with E-state index in [2.05, 4.69) is 0 Å². The zero-order chi connectivity index (χ0) is 17.2. The molecule has 4 heteroatoms. The summed E-state index contributed by atoms with van der Waals surface area (Å²) < 4.78 is 16.9. The van der Waals surface area contributed by atoms with Crippen molar-refractivity contribution in [3.05, 3.63) is 65.4 Å². The first kappa shape index (κ1) is 15.9. The predicted octanol–water partition coefficient (Wildman–Crippen LogP) is 4.20. The molecule has 128 valence electrons. The van der Waals surface area contributed by atoms with Gasteiger partial charge in [-0.1, -0.05) is 37.3 Å². The van der Waals surface area contributed by atoms with E-state index >= 15 is 0 Å². The van der Waals surface area contributed by atoms with Crippen LogP contribution in [0.5, 0.6) is 5.75 Å². The van der Waals surface area contributed by atoms with Gasteiger partial charge in [0.25, 0.3) is 0 Å². The molecule has 2 aromatic carbocycles. The summed E-state index contributed by atoms with van der Waals surface area (Å²) in [6.45, 7) is 3.28. The van der Waals surface area contributed by atoms with Gasteiger partial charge in [-0.3, -0.25) is 4.79 Å². The van der Waals surface area contributed by atoms with Crippen LogP contribution < -0.4 is 4.74 Å². The van der Waals surface area contributed by atoms with Gasteiger partial charge in [-0.15, -0.1) is 0 Å². The minimum absolute atomic E-state index is 0.0803. The van der Waals surface area contributed by atoms with E-state index in [9.17, 15) is 4.79 Å². The Morgan fingerprint density at radius 3 is 2.72 bits per heavy atom. The Morgan fingerprint density at radius 1 is 1.20 bits per heavy atom. The summed E-state index contributed by atoms with van der Waals surface area (Å²) in [5, 5.41) is 0.826. The monoisotopic (exact) mass is 336 g/mol. The molecule has 3 aromatic rings. The van der Waals surface area contributed by atoms with Crippen molar-refractivity contribution >= 4 is 16.8 Å². The summed E-state index contributed by atoms with van der Waals surface area (Å²) in [7, 11) is 0. The van der Waals surface area contributed by atoms with Crippen molar-refractivity contribution in [1.29, 1.82) is 0 Å². The molecule has 0 saturated carbocycles. The molecule has 1 aliphatic heterocycles. The summed E-state index contributed by atoms with van der Waals surface area (Å²) in [4.78, 5) is 12.8. The first-order chi connectivity index (χ1) is 12.2. The highest BCUT2D eigenvalue weighted by Gasteiger charge is 2.24. The number of ketones is 1. The fraction of sp³-hybridized carbons (Fsp3) is 0.286. The number of hydrogen-bond donors (Lipinski definition) is 0. The Balaban J connectivity index is 1.67. The summed E-state index contributed by atoms with van der Waals surface area (Å²) in [6, 6.07) is 15.4. The Labute approximate surface area is 146 Å². The Hall–Kier alpha value is -2.59. The molecule has 0 amide bonds. The Bertz CT molecular complexity index is 891. The first-order valence-electron chi connectivity index (χ1n) is 8.61. The van der Waals surface area contributed by atoms with Crippen LogP contribution in [0.1, 0.15) is 28.6 Å². The molecule has 2 heterocycles. The van der Waals surface area contributed by atoms with E-state index in [1.54, 1.807) is 0 Å². The number of epoxide rings is 1. The van der Waals surface area contributed by atoms with Crippen molar-refractivity contribution in [3.63, 3.8) is 0 Å². The van der Waals surface area contributed by atoms with Gasteiger partial charge in [0.1, 0.15) is 18.5 Å². The SMILES string of the molecule is CCc1cc2c(C(=O)Cc3ccccc3)ccc(OCC3CO3)c2o1. The molecule has 1 atom stereocenters. The molecule has 4 nitrogen and oxygen atoms in total. The van der Waals surface area contributed by atoms with Crippen LogP contribution >= 0.6 is 0 Å². The van der Waals surface area contributed by atoms with Crippen LogP contribution in [-0.2, 0) is 17.6 Å². The van der Waals surface area contributed by atoms with E-state index in [1.807, 2.05) is 55.5 Å². The van der Waals surface area contributed by atoms with Gasteiger partial charge in [0, 0.05) is 23.8 Å². The van der Waals surface area contributed by atoms with Crippen molar-refractivity contribution in [2.24, 2.45) is 0 Å². The number of carbonyl (C=O) groups excluding carboxylic acids is 1. The lowest BCUT2D eigenvalue weighted by molar-refractivity contribution is 0.0994. The molecule has 1 aliphatic rings. The molecular formula is C21H20O4. The van der Waals surface area contributed by atoms with Crippen molar-refractivity contribution in [1.82, 2.24) is 0 Å². The zero-order valence-corrected chi connectivity index (χ0v) is 14.2. The van der Waals surface area contributed by atoms with Crippen LogP contribution in [0.15, 0.2) is 52.9 Å². The fourth-order valence-corrected chi connectivity index (χ4v) is 2.90. The third-order valence-corrected chi connectivity index (χ3v) is 4.38. The maximum atomic E-state index is 12.8. The minimum atomic E-state index is 0.0803. The van der Waals surface area contributed by atoms with Crippen LogP contribution in [-0.4, -0.2) is 25.1 Å². The lowest BCUT2D eigenvalue weighted by Crippen LogP contribution is -2.06. The highest BCUT2D eigenvalue weighted by molar-refractivity contribution is 6.09. The largest absolute Gasteiger partial charge is 0.487 e. The van der Waals surface area contributed by atoms with Gasteiger partial charge in [0.05, 0.1) is 6.61 Å². The maximum Gasteiger partial charge on any atom is 0.176 e. The van der Waals surface area contributed by atoms with Gasteiger partial charge < -0.3 is 13.9 Å². The third kappa shape index (κ3) is 3.44. The number of Topliss-reactive ketones (excluding diaryl/α,β-unsaturated/α-hetero) is 1. The summed E-state index contributed by atoms with van der Waals surface area (Å²) >= 11 is 0. The van der Waals surface area contributed by atoms with E-state index in [4.69, 9.17) is 13.9 Å². The average molecular weight is 336 g/mol. The van der Waals surface area contributed by atoms with Gasteiger partial charge in [0.15, 0.2) is 17.1 Å². The fourth-order valence-electron chi connectivity index (χ4n) is 2.90. The summed E-state index contributed by atoms with van der Waals surface area (Å²) in [6.07, 6.45) is 1.32. The second-order valence-corrected chi connectivity index (χ2v) is 6.27. The molecule has 0 radical (unpaired) electrons. The minimum Gasteiger partial charge on any atom is -0.487 e. The zero-order valence-electron chi connectivity index (χ0n) is 14.2. The topological polar surface area (TPSA) is 52.0 Å². The van der Waals surface area contributed by atoms with Gasteiger partial charge >= 0.3 is 0 Å². The number of fused-ring (bicyclic) bond motifs is 1. The average Bonchev–Trinajstić information content (AvgIpc) is 3.36. The van der Waals surface area contributed by atoms with Gasteiger partial charge in [0.2, 0.25) is 0 Å². The second kappa shape index (κ2) is 6.73. The molecule has 0 N–H and O–H groups in total. The third-order valence-electron chi connectivity index (χ3n) is 4.38. The molecule has 0 aliphatic carbocycles. The second-order valence-electron chi connectivity index (χ2n) is 6.27. The number of hydrogen-bond acceptors (Lipinski definition) is 4. The molecule has 25 heavy (non-hydrogen) atoms. The molecule has 1 unspecified atom stereocenters. The van der Waals surface area contributed by atoms with Gasteiger partial charge in [-0.25, -0.2) is 0 Å². The van der Waals surface area contributed by atoms with E-state index in [-0.39, 0.29) is 11.9 Å². The number of rotatable bonds is 7. The quantitative estimate of drug-likeness (QED) is 0.479. The highest BCUT2D eigenvalue weighted by Crippen LogP contribution is 2.33. The van der Waals surface area contributed by atoms with Crippen molar-refractivity contribution in [3.8, 4) is 5.75 Å². The number of furan rings is 1. The van der Waals surface area contributed by atoms with Crippen molar-refractivity contribution in [2.45, 2.75) is 25.9 Å². The molecule has 4 rings (SSSR count). The van der Waals surface area contributed by atoms with Crippen molar-refractivity contribution < 1.29 is 18.7 Å². The van der Waals surface area contributed by atoms with Crippen LogP contribution in [0, 0.1) is 0 Å². The number of aryl methyl sites for hydroxylation is 1. The van der Waals surface area contributed by atoms with Crippen molar-refractivity contribution in [2.75, 3.05) is 13.2 Å². The number of ether oxygens (including phenoxy) is 2. The van der Waals surface area contributed by atoms with E-state index in [0.717, 1.165) is 29.7 Å². The smallest absolute Gasteiger partial charge is 0.176 e. The molecule has 1 saturated heterocycles. The number of benzene rings is 2. The normalized spacial score (nSPS) is 16.1. The van der Waals surface area contributed by atoms with Crippen LogP contribution in [0.2, 0.25) is 0 Å². The first-order valence-corrected chi connectivity index (χ1v) is 8.61.